The van der Waals surface area contributed by atoms with Crippen molar-refractivity contribution in [1.29, 1.82) is 0 Å². The number of dihydropyridines is 1. The van der Waals surface area contributed by atoms with Crippen LogP contribution >= 0.6 is 0 Å². The van der Waals surface area contributed by atoms with Gasteiger partial charge in [0.15, 0.2) is 0 Å². The van der Waals surface area contributed by atoms with Crippen molar-refractivity contribution in [2.24, 2.45) is 4.99 Å². The minimum atomic E-state index is 0. The van der Waals surface area contributed by atoms with Gasteiger partial charge in [-0.05, 0) is 0 Å². The third-order valence-electron chi connectivity index (χ3n) is 1.33. The summed E-state index contributed by atoms with van der Waals surface area (Å²) < 4.78 is 0. The largest absolute Gasteiger partial charge is 0.373 e. The minimum Gasteiger partial charge on any atom is -0.373 e. The molecule has 0 N–H and O–H groups in total. The van der Waals surface area contributed by atoms with Crippen LogP contribution in [-0.2, 0) is 32.7 Å². The van der Waals surface area contributed by atoms with E-state index >= 15 is 0 Å². The molecule has 0 aliphatic carbocycles. The Morgan fingerprint density at radius 1 is 1.70 bits per heavy atom. The van der Waals surface area contributed by atoms with Crippen molar-refractivity contribution in [3.8, 4) is 0 Å². The van der Waals surface area contributed by atoms with Crippen molar-refractivity contribution in [2.75, 3.05) is 6.54 Å². The molecule has 1 aliphatic rings. The Balaban J connectivity index is 0.000000810. The van der Waals surface area contributed by atoms with Gasteiger partial charge in [-0.15, -0.1) is 0 Å². The van der Waals surface area contributed by atoms with Crippen LogP contribution in [0.25, 0.3) is 0 Å². The van der Waals surface area contributed by atoms with Gasteiger partial charge in [-0.1, -0.05) is 13.3 Å². The first kappa shape index (κ1) is 10.3. The molecule has 2 heteroatoms. The van der Waals surface area contributed by atoms with Crippen LogP contribution in [0.1, 0.15) is 13.3 Å². The molecule has 0 aromatic carbocycles. The SMILES string of the molecule is [CH-]=CC1=[C-]CCN=C1C.[Y]. The standard InChI is InChI=1S/C8H9N.Y/c1-3-8-5-4-6-9-7(8)2;/h1,3H,4,6H2,2H3;/q-2;. The van der Waals surface area contributed by atoms with Gasteiger partial charge in [-0.3, -0.25) is 6.08 Å². The summed E-state index contributed by atoms with van der Waals surface area (Å²) in [4.78, 5) is 4.19. The zero-order chi connectivity index (χ0) is 6.69. The van der Waals surface area contributed by atoms with Crippen LogP contribution in [0.3, 0.4) is 0 Å². The summed E-state index contributed by atoms with van der Waals surface area (Å²) in [7, 11) is 0. The average Bonchev–Trinajstić information content (AvgIpc) is 1.89. The van der Waals surface area contributed by atoms with E-state index in [-0.39, 0.29) is 32.7 Å². The molecular formula is C8H9NY-2. The van der Waals surface area contributed by atoms with Crippen LogP contribution in [0.5, 0.6) is 0 Å². The Kier molecular flexibility index (Phi) is 5.10. The van der Waals surface area contributed by atoms with Gasteiger partial charge in [-0.25, -0.2) is 0 Å². The van der Waals surface area contributed by atoms with E-state index in [1.54, 1.807) is 6.08 Å². The van der Waals surface area contributed by atoms with Gasteiger partial charge < -0.3 is 23.2 Å². The second-order valence-corrected chi connectivity index (χ2v) is 1.97. The quantitative estimate of drug-likeness (QED) is 0.580. The molecule has 0 atom stereocenters. The van der Waals surface area contributed by atoms with Crippen molar-refractivity contribution >= 4 is 5.71 Å². The molecule has 1 aliphatic heterocycles. The molecule has 0 fully saturated rings. The summed E-state index contributed by atoms with van der Waals surface area (Å²) in [6.07, 6.45) is 5.58. The number of hydrogen-bond donors (Lipinski definition) is 0. The molecule has 0 aromatic rings. The molecule has 0 bridgehead atoms. The fourth-order valence-electron chi connectivity index (χ4n) is 0.807. The molecule has 10 heavy (non-hydrogen) atoms. The Bertz CT molecular complexity index is 180. The maximum Gasteiger partial charge on any atom is 0.0145 e. The summed E-state index contributed by atoms with van der Waals surface area (Å²) in [6.45, 7) is 8.10. The van der Waals surface area contributed by atoms with E-state index < -0.39 is 0 Å². The molecule has 0 saturated carbocycles. The monoisotopic (exact) mass is 208 g/mol. The summed E-state index contributed by atoms with van der Waals surface area (Å²) >= 11 is 0. The molecule has 51 valence electrons. The van der Waals surface area contributed by atoms with Gasteiger partial charge in [0.05, 0.1) is 0 Å². The van der Waals surface area contributed by atoms with Gasteiger partial charge >= 0.3 is 0 Å². The van der Waals surface area contributed by atoms with Crippen molar-refractivity contribution < 1.29 is 32.7 Å². The third kappa shape index (κ3) is 2.47. The molecule has 0 unspecified atom stereocenters. The molecule has 0 amide bonds. The summed E-state index contributed by atoms with van der Waals surface area (Å²) in [5.74, 6) is 0. The second kappa shape index (κ2) is 4.98. The first-order chi connectivity index (χ1) is 4.34. The average molecular weight is 208 g/mol. The van der Waals surface area contributed by atoms with Gasteiger partial charge in [0, 0.05) is 39.3 Å². The number of allylic oxidation sites excluding steroid dienone is 2. The molecule has 0 aromatic heterocycles. The fourth-order valence-corrected chi connectivity index (χ4v) is 0.807. The maximum absolute atomic E-state index is 5.29. The zero-order valence-corrected chi connectivity index (χ0v) is 8.93. The normalized spacial score (nSPS) is 16.5. The molecule has 0 saturated heterocycles. The van der Waals surface area contributed by atoms with Gasteiger partial charge in [0.25, 0.3) is 0 Å². The predicted molar refractivity (Wildman–Crippen MR) is 38.2 cm³/mol. The van der Waals surface area contributed by atoms with E-state index in [9.17, 15) is 0 Å². The van der Waals surface area contributed by atoms with E-state index in [0.29, 0.717) is 0 Å². The van der Waals surface area contributed by atoms with Crippen LogP contribution in [0.15, 0.2) is 16.6 Å². The maximum atomic E-state index is 5.29. The number of rotatable bonds is 1. The number of hydrogen-bond acceptors (Lipinski definition) is 1. The molecule has 1 heterocycles. The van der Waals surface area contributed by atoms with Crippen LogP contribution in [-0.4, -0.2) is 12.3 Å². The summed E-state index contributed by atoms with van der Waals surface area (Å²) in [5.41, 5.74) is 1.96. The smallest absolute Gasteiger partial charge is 0.0145 e. The van der Waals surface area contributed by atoms with Crippen molar-refractivity contribution in [3.63, 3.8) is 0 Å². The Morgan fingerprint density at radius 2 is 2.40 bits per heavy atom. The Hall–Kier alpha value is 0.254. The molecular weight excluding hydrogens is 199 g/mol. The van der Waals surface area contributed by atoms with Crippen LogP contribution in [0.4, 0.5) is 0 Å². The Labute approximate surface area is 87.2 Å². The minimum absolute atomic E-state index is 0. The summed E-state index contributed by atoms with van der Waals surface area (Å²) in [6, 6.07) is 0. The van der Waals surface area contributed by atoms with Gasteiger partial charge in [-0.2, -0.15) is 5.71 Å². The van der Waals surface area contributed by atoms with Crippen molar-refractivity contribution in [2.45, 2.75) is 13.3 Å². The van der Waals surface area contributed by atoms with E-state index in [1.807, 2.05) is 6.92 Å². The number of nitrogens with zero attached hydrogens (tertiary/aromatic N) is 1. The summed E-state index contributed by atoms with van der Waals surface area (Å²) in [5, 5.41) is 0. The van der Waals surface area contributed by atoms with E-state index in [4.69, 9.17) is 6.58 Å². The third-order valence-corrected chi connectivity index (χ3v) is 1.33. The van der Waals surface area contributed by atoms with Gasteiger partial charge in [0.2, 0.25) is 0 Å². The van der Waals surface area contributed by atoms with Crippen LogP contribution in [0.2, 0.25) is 0 Å². The van der Waals surface area contributed by atoms with Crippen LogP contribution in [0, 0.1) is 12.7 Å². The first-order valence-electron chi connectivity index (χ1n) is 3.02. The van der Waals surface area contributed by atoms with Crippen molar-refractivity contribution in [3.05, 3.63) is 24.3 Å². The van der Waals surface area contributed by atoms with E-state index in [2.05, 4.69) is 11.1 Å². The predicted octanol–water partition coefficient (Wildman–Crippen LogP) is 1.57. The molecule has 0 spiro atoms. The molecule has 1 rings (SSSR count). The fraction of sp³-hybridized carbons (Fsp3) is 0.375. The molecule has 1 radical (unpaired) electrons. The van der Waals surface area contributed by atoms with Gasteiger partial charge in [0.1, 0.15) is 0 Å². The van der Waals surface area contributed by atoms with E-state index in [0.717, 1.165) is 24.3 Å². The van der Waals surface area contributed by atoms with Crippen molar-refractivity contribution in [1.82, 2.24) is 0 Å². The molecule has 1 nitrogen and oxygen atoms in total. The number of aliphatic imine (C=N–C) groups is 1. The topological polar surface area (TPSA) is 12.4 Å². The van der Waals surface area contributed by atoms with Crippen LogP contribution < -0.4 is 0 Å². The van der Waals surface area contributed by atoms with E-state index in [1.165, 1.54) is 0 Å². The first-order valence-corrected chi connectivity index (χ1v) is 3.02. The zero-order valence-electron chi connectivity index (χ0n) is 6.09. The second-order valence-electron chi connectivity index (χ2n) is 1.97. The Morgan fingerprint density at radius 3 is 2.80 bits per heavy atom.